The van der Waals surface area contributed by atoms with Crippen LogP contribution in [-0.4, -0.2) is 12.0 Å². The molecule has 0 amide bonds. The van der Waals surface area contributed by atoms with Crippen molar-refractivity contribution in [3.05, 3.63) is 63.6 Å². The molecule has 1 atom stereocenters. The van der Waals surface area contributed by atoms with Crippen LogP contribution >= 0.6 is 23.2 Å². The molecule has 0 saturated carbocycles. The molecule has 0 aliphatic heterocycles. The van der Waals surface area contributed by atoms with Gasteiger partial charge in [-0.1, -0.05) is 23.2 Å². The van der Waals surface area contributed by atoms with Crippen molar-refractivity contribution >= 4 is 23.2 Å². The number of aromatic nitrogens is 1. The Labute approximate surface area is 121 Å². The highest BCUT2D eigenvalue weighted by Gasteiger charge is 2.14. The van der Waals surface area contributed by atoms with Crippen LogP contribution in [-0.2, 0) is 6.42 Å². The van der Waals surface area contributed by atoms with Crippen LogP contribution < -0.4 is 5.32 Å². The monoisotopic (exact) mass is 298 g/mol. The second-order valence-electron chi connectivity index (χ2n) is 4.18. The molecule has 0 aliphatic rings. The molecule has 0 bridgehead atoms. The van der Waals surface area contributed by atoms with E-state index in [0.717, 1.165) is 5.69 Å². The van der Waals surface area contributed by atoms with E-state index in [0.29, 0.717) is 22.0 Å². The van der Waals surface area contributed by atoms with Crippen molar-refractivity contribution in [1.82, 2.24) is 10.3 Å². The normalized spacial score (nSPS) is 12.4. The first-order valence-electron chi connectivity index (χ1n) is 5.83. The molecule has 2 aromatic rings. The van der Waals surface area contributed by atoms with E-state index in [2.05, 4.69) is 10.3 Å². The third-order valence-electron chi connectivity index (χ3n) is 2.89. The van der Waals surface area contributed by atoms with Gasteiger partial charge in [-0.15, -0.1) is 0 Å². The van der Waals surface area contributed by atoms with Gasteiger partial charge in [0.15, 0.2) is 0 Å². The van der Waals surface area contributed by atoms with E-state index in [1.807, 2.05) is 13.1 Å². The third-order valence-corrected chi connectivity index (χ3v) is 3.35. The molecule has 0 saturated heterocycles. The second kappa shape index (κ2) is 6.33. The standard InChI is InChI=1S/C14H13Cl2FN2/c1-18-14(13-5-3-11(16)8-19-13)7-9-6-10(15)2-4-12(9)17/h2-6,8,14,18H,7H2,1H3. The summed E-state index contributed by atoms with van der Waals surface area (Å²) in [6.07, 6.45) is 2.05. The van der Waals surface area contributed by atoms with Crippen molar-refractivity contribution < 1.29 is 4.39 Å². The van der Waals surface area contributed by atoms with Gasteiger partial charge in [0.05, 0.1) is 16.8 Å². The van der Waals surface area contributed by atoms with E-state index in [9.17, 15) is 4.39 Å². The summed E-state index contributed by atoms with van der Waals surface area (Å²) in [5.74, 6) is -0.265. The van der Waals surface area contributed by atoms with Gasteiger partial charge in [0.2, 0.25) is 0 Å². The lowest BCUT2D eigenvalue weighted by Crippen LogP contribution is -2.20. The fraction of sp³-hybridized carbons (Fsp3) is 0.214. The van der Waals surface area contributed by atoms with Crippen LogP contribution in [0.2, 0.25) is 10.0 Å². The number of nitrogens with one attached hydrogen (secondary N) is 1. The molecule has 1 N–H and O–H groups in total. The second-order valence-corrected chi connectivity index (χ2v) is 5.06. The van der Waals surface area contributed by atoms with Crippen molar-refractivity contribution in [1.29, 1.82) is 0 Å². The van der Waals surface area contributed by atoms with Gasteiger partial charge in [-0.25, -0.2) is 4.39 Å². The van der Waals surface area contributed by atoms with E-state index in [1.165, 1.54) is 12.1 Å². The molecule has 2 rings (SSSR count). The smallest absolute Gasteiger partial charge is 0.126 e. The van der Waals surface area contributed by atoms with Crippen molar-refractivity contribution in [3.63, 3.8) is 0 Å². The average Bonchev–Trinajstić information content (AvgIpc) is 2.41. The molecular formula is C14H13Cl2FN2. The fourth-order valence-electron chi connectivity index (χ4n) is 1.87. The van der Waals surface area contributed by atoms with Crippen LogP contribution in [0.1, 0.15) is 17.3 Å². The Morgan fingerprint density at radius 1 is 1.21 bits per heavy atom. The Morgan fingerprint density at radius 3 is 2.58 bits per heavy atom. The molecule has 0 radical (unpaired) electrons. The summed E-state index contributed by atoms with van der Waals surface area (Å²) in [6.45, 7) is 0. The number of hydrogen-bond acceptors (Lipinski definition) is 2. The van der Waals surface area contributed by atoms with E-state index in [4.69, 9.17) is 23.2 Å². The molecule has 19 heavy (non-hydrogen) atoms. The SMILES string of the molecule is CNC(Cc1cc(Cl)ccc1F)c1ccc(Cl)cn1. The summed E-state index contributed by atoms with van der Waals surface area (Å²) in [6, 6.07) is 8.05. The first kappa shape index (κ1) is 14.3. The highest BCUT2D eigenvalue weighted by atomic mass is 35.5. The van der Waals surface area contributed by atoms with E-state index >= 15 is 0 Å². The third kappa shape index (κ3) is 3.66. The Bertz CT molecular complexity index is 558. The Balaban J connectivity index is 2.23. The van der Waals surface area contributed by atoms with Gasteiger partial charge in [-0.3, -0.25) is 4.98 Å². The van der Waals surface area contributed by atoms with Crippen LogP contribution in [0.15, 0.2) is 36.5 Å². The Kier molecular flexibility index (Phi) is 4.75. The van der Waals surface area contributed by atoms with Crippen LogP contribution in [0, 0.1) is 5.82 Å². The number of nitrogens with zero attached hydrogens (tertiary/aromatic N) is 1. The summed E-state index contributed by atoms with van der Waals surface area (Å²) >= 11 is 11.7. The molecule has 0 aliphatic carbocycles. The fourth-order valence-corrected chi connectivity index (χ4v) is 2.17. The molecule has 2 nitrogen and oxygen atoms in total. The topological polar surface area (TPSA) is 24.9 Å². The predicted octanol–water partition coefficient (Wildman–Crippen LogP) is 4.03. The lowest BCUT2D eigenvalue weighted by atomic mass is 10.0. The number of pyridine rings is 1. The first-order chi connectivity index (χ1) is 9.10. The van der Waals surface area contributed by atoms with Crippen LogP contribution in [0.4, 0.5) is 4.39 Å². The van der Waals surface area contributed by atoms with Gasteiger partial charge in [0.25, 0.3) is 0 Å². The van der Waals surface area contributed by atoms with Crippen LogP contribution in [0.3, 0.4) is 0 Å². The first-order valence-corrected chi connectivity index (χ1v) is 6.58. The lowest BCUT2D eigenvalue weighted by molar-refractivity contribution is 0.545. The van der Waals surface area contributed by atoms with Gasteiger partial charge >= 0.3 is 0 Å². The number of likely N-dealkylation sites (N-methyl/N-ethyl adjacent to an activating group) is 1. The number of benzene rings is 1. The zero-order valence-corrected chi connectivity index (χ0v) is 11.8. The van der Waals surface area contributed by atoms with Gasteiger partial charge in [-0.2, -0.15) is 0 Å². The minimum absolute atomic E-state index is 0.0924. The van der Waals surface area contributed by atoms with E-state index in [-0.39, 0.29) is 11.9 Å². The summed E-state index contributed by atoms with van der Waals surface area (Å²) in [5, 5.41) is 4.22. The van der Waals surface area contributed by atoms with Crippen LogP contribution in [0.25, 0.3) is 0 Å². The summed E-state index contributed by atoms with van der Waals surface area (Å²) in [7, 11) is 1.81. The maximum Gasteiger partial charge on any atom is 0.126 e. The van der Waals surface area contributed by atoms with Crippen molar-refractivity contribution in [3.8, 4) is 0 Å². The van der Waals surface area contributed by atoms with Crippen molar-refractivity contribution in [2.75, 3.05) is 7.05 Å². The maximum absolute atomic E-state index is 13.7. The molecule has 1 aromatic heterocycles. The highest BCUT2D eigenvalue weighted by molar-refractivity contribution is 6.30. The molecule has 1 unspecified atom stereocenters. The van der Waals surface area contributed by atoms with Crippen molar-refractivity contribution in [2.45, 2.75) is 12.5 Å². The quantitative estimate of drug-likeness (QED) is 0.922. The Morgan fingerprint density at radius 2 is 1.95 bits per heavy atom. The molecule has 5 heteroatoms. The maximum atomic E-state index is 13.7. The molecule has 0 fully saturated rings. The number of halogens is 3. The van der Waals surface area contributed by atoms with E-state index < -0.39 is 0 Å². The average molecular weight is 299 g/mol. The van der Waals surface area contributed by atoms with Crippen molar-refractivity contribution in [2.24, 2.45) is 0 Å². The highest BCUT2D eigenvalue weighted by Crippen LogP contribution is 2.22. The summed E-state index contributed by atoms with van der Waals surface area (Å²) < 4.78 is 13.7. The molecule has 100 valence electrons. The van der Waals surface area contributed by atoms with Gasteiger partial charge in [0.1, 0.15) is 5.82 Å². The molecule has 1 aromatic carbocycles. The van der Waals surface area contributed by atoms with Gasteiger partial charge in [-0.05, 0) is 49.4 Å². The zero-order valence-electron chi connectivity index (χ0n) is 10.3. The summed E-state index contributed by atoms with van der Waals surface area (Å²) in [5.41, 5.74) is 1.37. The number of rotatable bonds is 4. The Hall–Kier alpha value is -1.16. The zero-order chi connectivity index (χ0) is 13.8. The molecule has 0 spiro atoms. The molecule has 1 heterocycles. The minimum Gasteiger partial charge on any atom is -0.311 e. The number of hydrogen-bond donors (Lipinski definition) is 1. The minimum atomic E-state index is -0.265. The van der Waals surface area contributed by atoms with Crippen LogP contribution in [0.5, 0.6) is 0 Å². The molecular weight excluding hydrogens is 286 g/mol. The van der Waals surface area contributed by atoms with E-state index in [1.54, 1.807) is 18.3 Å². The van der Waals surface area contributed by atoms with Gasteiger partial charge < -0.3 is 5.32 Å². The summed E-state index contributed by atoms with van der Waals surface area (Å²) in [4.78, 5) is 4.25. The lowest BCUT2D eigenvalue weighted by Gasteiger charge is -2.16. The largest absolute Gasteiger partial charge is 0.311 e. The predicted molar refractivity (Wildman–Crippen MR) is 76.2 cm³/mol. The van der Waals surface area contributed by atoms with Gasteiger partial charge in [0, 0.05) is 11.2 Å².